The number of piperidine rings is 1. The normalized spacial score (nSPS) is 21.0. The first-order valence-corrected chi connectivity index (χ1v) is 8.18. The van der Waals surface area contributed by atoms with E-state index in [9.17, 15) is 8.42 Å². The monoisotopic (exact) mass is 299 g/mol. The summed E-state index contributed by atoms with van der Waals surface area (Å²) in [5, 5.41) is 0. The van der Waals surface area contributed by atoms with Gasteiger partial charge in [-0.05, 0) is 38.3 Å². The van der Waals surface area contributed by atoms with Crippen molar-refractivity contribution in [2.45, 2.75) is 26.3 Å². The van der Waals surface area contributed by atoms with Crippen LogP contribution in [-0.2, 0) is 16.8 Å². The van der Waals surface area contributed by atoms with Crippen molar-refractivity contribution in [1.82, 2.24) is 19.0 Å². The zero-order valence-electron chi connectivity index (χ0n) is 11.6. The van der Waals surface area contributed by atoms with Crippen molar-refractivity contribution in [3.63, 3.8) is 0 Å². The van der Waals surface area contributed by atoms with E-state index in [0.29, 0.717) is 31.2 Å². The maximum Gasteiger partial charge on any atom is 0.279 e. The predicted molar refractivity (Wildman–Crippen MR) is 75.9 cm³/mol. The van der Waals surface area contributed by atoms with E-state index in [2.05, 4.69) is 14.7 Å². The Morgan fingerprint density at radius 1 is 1.55 bits per heavy atom. The van der Waals surface area contributed by atoms with Gasteiger partial charge < -0.3 is 5.73 Å². The molecule has 1 fully saturated rings. The second kappa shape index (κ2) is 6.57. The van der Waals surface area contributed by atoms with Crippen molar-refractivity contribution in [2.24, 2.45) is 11.7 Å². The fraction of sp³-hybridized carbons (Fsp3) is 0.667. The van der Waals surface area contributed by atoms with Gasteiger partial charge in [-0.25, -0.2) is 9.97 Å². The highest BCUT2D eigenvalue weighted by Gasteiger charge is 2.27. The Hall–Kier alpha value is -1.09. The van der Waals surface area contributed by atoms with Crippen LogP contribution in [0.4, 0.5) is 0 Å². The Morgan fingerprint density at radius 3 is 3.05 bits per heavy atom. The minimum absolute atomic E-state index is 0.176. The number of aryl methyl sites for hydroxylation is 1. The lowest BCUT2D eigenvalue weighted by atomic mass is 10.0. The van der Waals surface area contributed by atoms with Gasteiger partial charge in [0, 0.05) is 19.3 Å². The third-order valence-electron chi connectivity index (χ3n) is 3.42. The van der Waals surface area contributed by atoms with Gasteiger partial charge >= 0.3 is 0 Å². The minimum Gasteiger partial charge on any atom is -0.330 e. The molecule has 2 rings (SSSR count). The molecule has 0 bridgehead atoms. The summed E-state index contributed by atoms with van der Waals surface area (Å²) in [5.41, 5.74) is 6.29. The summed E-state index contributed by atoms with van der Waals surface area (Å²) >= 11 is 0. The van der Waals surface area contributed by atoms with E-state index in [1.807, 2.05) is 0 Å². The van der Waals surface area contributed by atoms with E-state index < -0.39 is 10.2 Å². The molecule has 2 heterocycles. The van der Waals surface area contributed by atoms with Crippen molar-refractivity contribution < 1.29 is 8.42 Å². The lowest BCUT2D eigenvalue weighted by molar-refractivity contribution is 0.268. The van der Waals surface area contributed by atoms with Crippen LogP contribution < -0.4 is 10.5 Å². The average Bonchev–Trinajstić information content (AvgIpc) is 2.45. The van der Waals surface area contributed by atoms with E-state index in [-0.39, 0.29) is 12.5 Å². The van der Waals surface area contributed by atoms with Gasteiger partial charge in [-0.3, -0.25) is 0 Å². The van der Waals surface area contributed by atoms with Gasteiger partial charge in [0.2, 0.25) is 0 Å². The molecule has 8 heteroatoms. The average molecular weight is 299 g/mol. The number of nitrogens with one attached hydrogen (secondary N) is 1. The van der Waals surface area contributed by atoms with Crippen LogP contribution in [0.3, 0.4) is 0 Å². The van der Waals surface area contributed by atoms with Gasteiger partial charge in [0.05, 0.1) is 12.2 Å². The maximum atomic E-state index is 12.2. The quantitative estimate of drug-likeness (QED) is 0.783. The highest BCUT2D eigenvalue weighted by molar-refractivity contribution is 7.87. The molecular weight excluding hydrogens is 278 g/mol. The summed E-state index contributed by atoms with van der Waals surface area (Å²) in [6.45, 7) is 3.52. The Balaban J connectivity index is 1.97. The first-order valence-electron chi connectivity index (χ1n) is 6.74. The van der Waals surface area contributed by atoms with Crippen molar-refractivity contribution >= 4 is 10.2 Å². The van der Waals surface area contributed by atoms with Crippen LogP contribution in [0.5, 0.6) is 0 Å². The molecular formula is C12H21N5O2S. The fourth-order valence-electron chi connectivity index (χ4n) is 2.30. The van der Waals surface area contributed by atoms with Crippen LogP contribution in [0.15, 0.2) is 12.3 Å². The van der Waals surface area contributed by atoms with Crippen LogP contribution in [-0.4, -0.2) is 42.3 Å². The van der Waals surface area contributed by atoms with Gasteiger partial charge in [0.25, 0.3) is 10.2 Å². The number of hydrogen-bond donors (Lipinski definition) is 2. The molecule has 0 spiro atoms. The predicted octanol–water partition coefficient (Wildman–Crippen LogP) is -0.210. The van der Waals surface area contributed by atoms with Gasteiger partial charge in [-0.1, -0.05) is 0 Å². The first kappa shape index (κ1) is 15.3. The van der Waals surface area contributed by atoms with Gasteiger partial charge in [0.1, 0.15) is 5.82 Å². The molecule has 0 amide bonds. The van der Waals surface area contributed by atoms with E-state index in [1.54, 1.807) is 19.2 Å². The van der Waals surface area contributed by atoms with Crippen LogP contribution in [0.2, 0.25) is 0 Å². The molecule has 1 atom stereocenters. The smallest absolute Gasteiger partial charge is 0.279 e. The number of nitrogens with zero attached hydrogens (tertiary/aromatic N) is 3. The molecule has 1 saturated heterocycles. The second-order valence-corrected chi connectivity index (χ2v) is 6.78. The largest absolute Gasteiger partial charge is 0.330 e. The highest BCUT2D eigenvalue weighted by atomic mass is 32.2. The zero-order valence-corrected chi connectivity index (χ0v) is 12.4. The summed E-state index contributed by atoms with van der Waals surface area (Å²) in [6, 6.07) is 1.70. The van der Waals surface area contributed by atoms with E-state index in [0.717, 1.165) is 12.8 Å². The first-order chi connectivity index (χ1) is 9.51. The summed E-state index contributed by atoms with van der Waals surface area (Å²) in [4.78, 5) is 8.16. The molecule has 112 valence electrons. The SMILES string of the molecule is Cc1nccc(CNS(=O)(=O)N2CCCC(CN)C2)n1. The van der Waals surface area contributed by atoms with Crippen LogP contribution in [0, 0.1) is 12.8 Å². The summed E-state index contributed by atoms with van der Waals surface area (Å²) in [7, 11) is -3.47. The number of nitrogens with two attached hydrogens (primary N) is 1. The molecule has 1 aromatic heterocycles. The lowest BCUT2D eigenvalue weighted by Crippen LogP contribution is -2.47. The van der Waals surface area contributed by atoms with Crippen LogP contribution in [0.1, 0.15) is 24.4 Å². The van der Waals surface area contributed by atoms with Crippen molar-refractivity contribution in [3.8, 4) is 0 Å². The third kappa shape index (κ3) is 3.95. The standard InChI is InChI=1S/C12H21N5O2S/c1-10-14-5-4-12(16-10)8-15-20(18,19)17-6-2-3-11(7-13)9-17/h4-5,11,15H,2-3,6-9,13H2,1H3. The molecule has 0 aliphatic carbocycles. The molecule has 1 aliphatic rings. The van der Waals surface area contributed by atoms with Crippen LogP contribution >= 0.6 is 0 Å². The molecule has 1 aliphatic heterocycles. The van der Waals surface area contributed by atoms with Gasteiger partial charge in [0.15, 0.2) is 0 Å². The topological polar surface area (TPSA) is 101 Å². The second-order valence-electron chi connectivity index (χ2n) is 5.02. The van der Waals surface area contributed by atoms with Gasteiger partial charge in [-0.15, -0.1) is 0 Å². The molecule has 20 heavy (non-hydrogen) atoms. The Labute approximate surface area is 119 Å². The zero-order chi connectivity index (χ0) is 14.6. The van der Waals surface area contributed by atoms with Gasteiger partial charge in [-0.2, -0.15) is 17.4 Å². The summed E-state index contributed by atoms with van der Waals surface area (Å²) < 4.78 is 28.5. The fourth-order valence-corrected chi connectivity index (χ4v) is 3.59. The molecule has 1 aromatic rings. The Morgan fingerprint density at radius 2 is 2.35 bits per heavy atom. The van der Waals surface area contributed by atoms with E-state index in [1.165, 1.54) is 4.31 Å². The van der Waals surface area contributed by atoms with Crippen molar-refractivity contribution in [3.05, 3.63) is 23.8 Å². The summed E-state index contributed by atoms with van der Waals surface area (Å²) in [6.07, 6.45) is 3.47. The number of aromatic nitrogens is 2. The molecule has 3 N–H and O–H groups in total. The maximum absolute atomic E-state index is 12.2. The van der Waals surface area contributed by atoms with Crippen molar-refractivity contribution in [1.29, 1.82) is 0 Å². The van der Waals surface area contributed by atoms with Crippen molar-refractivity contribution in [2.75, 3.05) is 19.6 Å². The van der Waals surface area contributed by atoms with E-state index in [4.69, 9.17) is 5.73 Å². The molecule has 0 saturated carbocycles. The van der Waals surface area contributed by atoms with Crippen LogP contribution in [0.25, 0.3) is 0 Å². The minimum atomic E-state index is -3.47. The molecule has 0 radical (unpaired) electrons. The molecule has 7 nitrogen and oxygen atoms in total. The lowest BCUT2D eigenvalue weighted by Gasteiger charge is -2.31. The van der Waals surface area contributed by atoms with E-state index >= 15 is 0 Å². The number of rotatable bonds is 5. The molecule has 0 aromatic carbocycles. The molecule has 1 unspecified atom stereocenters. The number of hydrogen-bond acceptors (Lipinski definition) is 5. The summed E-state index contributed by atoms with van der Waals surface area (Å²) in [5.74, 6) is 0.879. The third-order valence-corrected chi connectivity index (χ3v) is 4.94. The Bertz CT molecular complexity index is 549. The Kier molecular flexibility index (Phi) is 5.03. The highest BCUT2D eigenvalue weighted by Crippen LogP contribution is 2.17.